The van der Waals surface area contributed by atoms with E-state index < -0.39 is 0 Å². The molecule has 0 radical (unpaired) electrons. The number of anilines is 1. The molecule has 21 heavy (non-hydrogen) atoms. The van der Waals surface area contributed by atoms with E-state index in [0.29, 0.717) is 11.4 Å². The Kier molecular flexibility index (Phi) is 5.70. The molecule has 1 fully saturated rings. The van der Waals surface area contributed by atoms with Crippen LogP contribution in [-0.4, -0.2) is 34.9 Å². The predicted octanol–water partition coefficient (Wildman–Crippen LogP) is 2.52. The van der Waals surface area contributed by atoms with Gasteiger partial charge < -0.3 is 16.0 Å². The van der Waals surface area contributed by atoms with E-state index in [-0.39, 0.29) is 5.91 Å². The van der Waals surface area contributed by atoms with Crippen molar-refractivity contribution in [3.63, 3.8) is 0 Å². The minimum absolute atomic E-state index is 0.0601. The van der Waals surface area contributed by atoms with Crippen LogP contribution < -0.4 is 11.1 Å². The summed E-state index contributed by atoms with van der Waals surface area (Å²) >= 11 is 4.90. The smallest absolute Gasteiger partial charge is 0.224 e. The fourth-order valence-electron chi connectivity index (χ4n) is 2.42. The zero-order chi connectivity index (χ0) is 15.2. The van der Waals surface area contributed by atoms with Gasteiger partial charge in [0.15, 0.2) is 0 Å². The SMILES string of the molecule is CCN(CCCC(=O)Nc1ccc(C(N)=S)cc1)C1CC1. The predicted molar refractivity (Wildman–Crippen MR) is 90.5 cm³/mol. The maximum atomic E-state index is 11.9. The van der Waals surface area contributed by atoms with E-state index in [9.17, 15) is 4.79 Å². The molecule has 0 atom stereocenters. The van der Waals surface area contributed by atoms with E-state index in [2.05, 4.69) is 17.1 Å². The third-order valence-corrected chi connectivity index (χ3v) is 4.01. The molecule has 5 heteroatoms. The monoisotopic (exact) mass is 305 g/mol. The molecule has 0 spiro atoms. The van der Waals surface area contributed by atoms with Crippen molar-refractivity contribution in [3.8, 4) is 0 Å². The van der Waals surface area contributed by atoms with Crippen molar-refractivity contribution in [1.29, 1.82) is 0 Å². The fraction of sp³-hybridized carbons (Fsp3) is 0.500. The maximum absolute atomic E-state index is 11.9. The van der Waals surface area contributed by atoms with Crippen LogP contribution in [0.3, 0.4) is 0 Å². The number of nitrogens with two attached hydrogens (primary N) is 1. The number of rotatable bonds is 8. The average molecular weight is 305 g/mol. The summed E-state index contributed by atoms with van der Waals surface area (Å²) in [5, 5.41) is 2.90. The van der Waals surface area contributed by atoms with Crippen LogP contribution in [0.15, 0.2) is 24.3 Å². The molecule has 1 aromatic rings. The summed E-state index contributed by atoms with van der Waals surface area (Å²) in [6.45, 7) is 4.27. The molecule has 1 saturated carbocycles. The van der Waals surface area contributed by atoms with E-state index in [0.717, 1.165) is 36.8 Å². The number of nitrogens with one attached hydrogen (secondary N) is 1. The fourth-order valence-corrected chi connectivity index (χ4v) is 2.56. The van der Waals surface area contributed by atoms with E-state index in [1.165, 1.54) is 12.8 Å². The summed E-state index contributed by atoms with van der Waals surface area (Å²) in [6, 6.07) is 8.07. The summed E-state index contributed by atoms with van der Waals surface area (Å²) in [6.07, 6.45) is 4.09. The van der Waals surface area contributed by atoms with E-state index in [1.54, 1.807) is 0 Å². The van der Waals surface area contributed by atoms with E-state index >= 15 is 0 Å². The second-order valence-electron chi connectivity index (χ2n) is 5.45. The van der Waals surface area contributed by atoms with Crippen molar-refractivity contribution in [2.75, 3.05) is 18.4 Å². The van der Waals surface area contributed by atoms with Gasteiger partial charge in [-0.1, -0.05) is 19.1 Å². The normalized spacial score (nSPS) is 14.2. The quantitative estimate of drug-likeness (QED) is 0.725. The summed E-state index contributed by atoms with van der Waals surface area (Å²) in [5.74, 6) is 0.0601. The molecule has 1 aliphatic carbocycles. The van der Waals surface area contributed by atoms with Crippen LogP contribution in [0.5, 0.6) is 0 Å². The molecule has 4 nitrogen and oxygen atoms in total. The molecule has 0 unspecified atom stereocenters. The van der Waals surface area contributed by atoms with Crippen LogP contribution in [0.25, 0.3) is 0 Å². The average Bonchev–Trinajstić information content (AvgIpc) is 3.29. The number of hydrogen-bond donors (Lipinski definition) is 2. The highest BCUT2D eigenvalue weighted by atomic mass is 32.1. The standard InChI is InChI=1S/C16H23N3OS/c1-2-19(14-9-10-14)11-3-4-15(20)18-13-7-5-12(6-8-13)16(17)21/h5-8,14H,2-4,9-11H2,1H3,(H2,17,21)(H,18,20). The molecule has 1 aliphatic rings. The lowest BCUT2D eigenvalue weighted by molar-refractivity contribution is -0.116. The molecule has 0 saturated heterocycles. The molecule has 0 heterocycles. The lowest BCUT2D eigenvalue weighted by atomic mass is 10.2. The number of amides is 1. The Hall–Kier alpha value is -1.46. The second-order valence-corrected chi connectivity index (χ2v) is 5.89. The first kappa shape index (κ1) is 15.9. The van der Waals surface area contributed by atoms with Gasteiger partial charge in [0.1, 0.15) is 4.99 Å². The number of hydrogen-bond acceptors (Lipinski definition) is 3. The van der Waals surface area contributed by atoms with Gasteiger partial charge in [0, 0.05) is 23.7 Å². The maximum Gasteiger partial charge on any atom is 0.224 e. The number of nitrogens with zero attached hydrogens (tertiary/aromatic N) is 1. The molecule has 0 bridgehead atoms. The van der Waals surface area contributed by atoms with Gasteiger partial charge in [-0.3, -0.25) is 4.79 Å². The van der Waals surface area contributed by atoms with Crippen LogP contribution in [0.2, 0.25) is 0 Å². The van der Waals surface area contributed by atoms with Crippen LogP contribution >= 0.6 is 12.2 Å². The molecule has 3 N–H and O–H groups in total. The third kappa shape index (κ3) is 5.10. The molecule has 1 amide bonds. The van der Waals surface area contributed by atoms with Gasteiger partial charge in [0.05, 0.1) is 0 Å². The number of carbonyl (C=O) groups is 1. The Morgan fingerprint density at radius 3 is 2.57 bits per heavy atom. The van der Waals surface area contributed by atoms with Gasteiger partial charge in [-0.25, -0.2) is 0 Å². The van der Waals surface area contributed by atoms with E-state index in [1.807, 2.05) is 24.3 Å². The van der Waals surface area contributed by atoms with Crippen LogP contribution in [0, 0.1) is 0 Å². The molecule has 0 aromatic heterocycles. The highest BCUT2D eigenvalue weighted by molar-refractivity contribution is 7.80. The van der Waals surface area contributed by atoms with E-state index in [4.69, 9.17) is 18.0 Å². The number of benzene rings is 1. The van der Waals surface area contributed by atoms with Crippen LogP contribution in [0.4, 0.5) is 5.69 Å². The Morgan fingerprint density at radius 2 is 2.05 bits per heavy atom. The first-order valence-corrected chi connectivity index (χ1v) is 7.94. The number of thiocarbonyl (C=S) groups is 1. The number of carbonyl (C=O) groups excluding carboxylic acids is 1. The Labute approximate surface area is 131 Å². The van der Waals surface area contributed by atoms with Crippen molar-refractivity contribution >= 4 is 28.8 Å². The lowest BCUT2D eigenvalue weighted by Crippen LogP contribution is -2.27. The van der Waals surface area contributed by atoms with Crippen molar-refractivity contribution in [2.45, 2.75) is 38.6 Å². The third-order valence-electron chi connectivity index (χ3n) is 3.77. The summed E-state index contributed by atoms with van der Waals surface area (Å²) in [5.41, 5.74) is 7.14. The minimum Gasteiger partial charge on any atom is -0.389 e. The molecule has 114 valence electrons. The summed E-state index contributed by atoms with van der Waals surface area (Å²) in [7, 11) is 0. The second kappa shape index (κ2) is 7.52. The minimum atomic E-state index is 0.0601. The van der Waals surface area contributed by atoms with Gasteiger partial charge in [0.2, 0.25) is 5.91 Å². The highest BCUT2D eigenvalue weighted by Gasteiger charge is 2.27. The topological polar surface area (TPSA) is 58.4 Å². The van der Waals surface area contributed by atoms with Crippen LogP contribution in [0.1, 0.15) is 38.2 Å². The molecular weight excluding hydrogens is 282 g/mol. The van der Waals surface area contributed by atoms with Gasteiger partial charge >= 0.3 is 0 Å². The van der Waals surface area contributed by atoms with Gasteiger partial charge in [-0.15, -0.1) is 0 Å². The molecule has 0 aliphatic heterocycles. The van der Waals surface area contributed by atoms with Gasteiger partial charge in [0.25, 0.3) is 0 Å². The summed E-state index contributed by atoms with van der Waals surface area (Å²) in [4.78, 5) is 14.7. The van der Waals surface area contributed by atoms with Gasteiger partial charge in [-0.2, -0.15) is 0 Å². The van der Waals surface area contributed by atoms with Crippen LogP contribution in [-0.2, 0) is 4.79 Å². The first-order valence-electron chi connectivity index (χ1n) is 7.54. The van der Waals surface area contributed by atoms with Crippen molar-refractivity contribution in [2.24, 2.45) is 5.73 Å². The Morgan fingerprint density at radius 1 is 1.38 bits per heavy atom. The lowest BCUT2D eigenvalue weighted by Gasteiger charge is -2.19. The van der Waals surface area contributed by atoms with Crippen molar-refractivity contribution < 1.29 is 4.79 Å². The largest absolute Gasteiger partial charge is 0.389 e. The molecular formula is C16H23N3OS. The highest BCUT2D eigenvalue weighted by Crippen LogP contribution is 2.26. The van der Waals surface area contributed by atoms with Crippen molar-refractivity contribution in [1.82, 2.24) is 4.90 Å². The van der Waals surface area contributed by atoms with Crippen molar-refractivity contribution in [3.05, 3.63) is 29.8 Å². The first-order chi connectivity index (χ1) is 10.1. The summed E-state index contributed by atoms with van der Waals surface area (Å²) < 4.78 is 0. The Balaban J connectivity index is 1.72. The zero-order valence-corrected chi connectivity index (χ0v) is 13.3. The van der Waals surface area contributed by atoms with Gasteiger partial charge in [-0.05, 0) is 56.6 Å². The molecule has 1 aromatic carbocycles. The Bertz CT molecular complexity index is 497. The zero-order valence-electron chi connectivity index (χ0n) is 12.5. The molecule has 2 rings (SSSR count).